The molecule has 11 nitrogen and oxygen atoms in total. The van der Waals surface area contributed by atoms with Crippen LogP contribution in [0.15, 0.2) is 22.4 Å². The molecule has 0 radical (unpaired) electrons. The Morgan fingerprint density at radius 1 is 1.42 bits per heavy atom. The first-order valence-corrected chi connectivity index (χ1v) is 11.8. The lowest BCUT2D eigenvalue weighted by atomic mass is 10.1. The van der Waals surface area contributed by atoms with Crippen LogP contribution in [-0.2, 0) is 18.0 Å². The predicted molar refractivity (Wildman–Crippen MR) is 97.2 cm³/mol. The highest BCUT2D eigenvalue weighted by Crippen LogP contribution is 2.57. The summed E-state index contributed by atoms with van der Waals surface area (Å²) in [6, 6.07) is 0. The molecule has 0 amide bonds. The summed E-state index contributed by atoms with van der Waals surface area (Å²) < 4.78 is 30.4. The van der Waals surface area contributed by atoms with Gasteiger partial charge in [-0.1, -0.05) is 0 Å². The second kappa shape index (κ2) is 8.74. The second-order valence-corrected chi connectivity index (χ2v) is 9.73. The van der Waals surface area contributed by atoms with E-state index in [0.29, 0.717) is 18.8 Å². The highest BCUT2D eigenvalue weighted by atomic mass is 32.2. The van der Waals surface area contributed by atoms with Gasteiger partial charge in [-0.2, -0.15) is 4.31 Å². The van der Waals surface area contributed by atoms with E-state index in [1.165, 1.54) is 0 Å². The van der Waals surface area contributed by atoms with Gasteiger partial charge in [-0.25, -0.2) is 9.13 Å². The summed E-state index contributed by atoms with van der Waals surface area (Å²) in [5, 5.41) is 6.36. The minimum atomic E-state index is -5.10. The summed E-state index contributed by atoms with van der Waals surface area (Å²) in [5.74, 6) is 0.705. The highest BCUT2D eigenvalue weighted by Gasteiger charge is 2.32. The van der Waals surface area contributed by atoms with E-state index in [1.54, 1.807) is 11.8 Å². The van der Waals surface area contributed by atoms with Crippen LogP contribution < -0.4 is 16.4 Å². The number of allylic oxidation sites excluding steroid dienone is 1. The van der Waals surface area contributed by atoms with E-state index >= 15 is 0 Å². The molecule has 2 unspecified atom stereocenters. The van der Waals surface area contributed by atoms with Crippen molar-refractivity contribution in [2.45, 2.75) is 32.6 Å². The summed E-state index contributed by atoms with van der Waals surface area (Å²) in [6.07, 6.45) is 2.10. The van der Waals surface area contributed by atoms with E-state index in [-0.39, 0.29) is 18.9 Å². The summed E-state index contributed by atoms with van der Waals surface area (Å²) in [7, 11) is -9.90. The van der Waals surface area contributed by atoms with Gasteiger partial charge in [-0.15, -0.1) is 11.8 Å². The maximum absolute atomic E-state index is 11.4. The molecule has 0 saturated carbocycles. The van der Waals surface area contributed by atoms with Crippen LogP contribution in [-0.4, -0.2) is 50.9 Å². The van der Waals surface area contributed by atoms with Crippen molar-refractivity contribution < 1.29 is 32.6 Å². The summed E-state index contributed by atoms with van der Waals surface area (Å²) in [6.45, 7) is 4.33. The molecule has 2 aliphatic rings. The molecule has 0 spiro atoms. The van der Waals surface area contributed by atoms with Crippen molar-refractivity contribution in [3.63, 3.8) is 0 Å². The van der Waals surface area contributed by atoms with Gasteiger partial charge in [0.1, 0.15) is 0 Å². The topological polar surface area (TPSA) is 167 Å². The molecule has 150 valence electrons. The molecular weight excluding hydrogens is 406 g/mol. The standard InChI is InChI=1S/C12H24N4O7P2S/c1-8-11(3-4-22-25(20,21)23-24(17,18)19)26-7-16(8)6-10-5-14-9(2)15-12(10)13/h5,9,12,14-15H,3-4,6-7,13H2,1-2H3,(H,20,21)(H2,17,18,19)/t9-,12?/m0/s1. The Hall–Kier alpha value is -0.390. The van der Waals surface area contributed by atoms with Crippen LogP contribution in [0.5, 0.6) is 0 Å². The largest absolute Gasteiger partial charge is 0.481 e. The normalized spacial score (nSPS) is 26.5. The minimum absolute atomic E-state index is 0.107. The van der Waals surface area contributed by atoms with Crippen LogP contribution in [0.4, 0.5) is 0 Å². The fourth-order valence-electron chi connectivity index (χ4n) is 2.47. The van der Waals surface area contributed by atoms with E-state index in [9.17, 15) is 14.0 Å². The zero-order valence-corrected chi connectivity index (χ0v) is 17.0. The lowest BCUT2D eigenvalue weighted by molar-refractivity contribution is 0.180. The Bertz CT molecular complexity index is 682. The molecule has 7 N–H and O–H groups in total. The van der Waals surface area contributed by atoms with Gasteiger partial charge in [0, 0.05) is 29.8 Å². The molecule has 2 rings (SSSR count). The van der Waals surface area contributed by atoms with Crippen molar-refractivity contribution in [3.05, 3.63) is 22.4 Å². The number of phosphoric acid groups is 2. The van der Waals surface area contributed by atoms with Crippen molar-refractivity contribution >= 4 is 27.4 Å². The SMILES string of the molecule is CC1=C(CCOP(=O)(O)OP(=O)(O)O)SCN1CC1=CN[C@H](C)NC1N. The molecule has 0 aromatic heterocycles. The molecule has 0 fully saturated rings. The van der Waals surface area contributed by atoms with Crippen LogP contribution >= 0.6 is 27.4 Å². The molecule has 0 saturated heterocycles. The number of nitrogens with one attached hydrogen (secondary N) is 2. The molecule has 2 aliphatic heterocycles. The van der Waals surface area contributed by atoms with E-state index in [1.807, 2.05) is 20.0 Å². The average molecular weight is 430 g/mol. The molecule has 26 heavy (non-hydrogen) atoms. The third-order valence-corrected chi connectivity index (χ3v) is 7.26. The maximum atomic E-state index is 11.4. The smallest absolute Gasteiger partial charge is 0.376 e. The van der Waals surface area contributed by atoms with Crippen molar-refractivity contribution in [2.24, 2.45) is 5.73 Å². The molecule has 14 heteroatoms. The summed E-state index contributed by atoms with van der Waals surface area (Å²) >= 11 is 1.56. The van der Waals surface area contributed by atoms with Crippen LogP contribution in [0.2, 0.25) is 0 Å². The zero-order valence-electron chi connectivity index (χ0n) is 14.4. The van der Waals surface area contributed by atoms with Gasteiger partial charge in [0.15, 0.2) is 0 Å². The van der Waals surface area contributed by atoms with E-state index in [2.05, 4.69) is 24.4 Å². The second-order valence-electron chi connectivity index (χ2n) is 5.86. The Morgan fingerprint density at radius 2 is 2.12 bits per heavy atom. The molecule has 0 aromatic rings. The lowest BCUT2D eigenvalue weighted by Gasteiger charge is -2.31. The van der Waals surface area contributed by atoms with E-state index in [4.69, 9.17) is 15.5 Å². The first-order valence-electron chi connectivity index (χ1n) is 7.75. The number of nitrogens with zero attached hydrogens (tertiary/aromatic N) is 1. The minimum Gasteiger partial charge on any atom is -0.376 e. The molecular formula is C12H24N4O7P2S. The quantitative estimate of drug-likeness (QED) is 0.296. The van der Waals surface area contributed by atoms with Crippen molar-refractivity contribution in [2.75, 3.05) is 19.0 Å². The number of hydrogen-bond donors (Lipinski definition) is 6. The van der Waals surface area contributed by atoms with Gasteiger partial charge in [0.05, 0.1) is 24.8 Å². The zero-order chi connectivity index (χ0) is 19.5. The number of nitrogens with two attached hydrogens (primary N) is 1. The van der Waals surface area contributed by atoms with Crippen LogP contribution in [0.3, 0.4) is 0 Å². The Labute approximate surface area is 155 Å². The van der Waals surface area contributed by atoms with E-state index in [0.717, 1.165) is 16.2 Å². The van der Waals surface area contributed by atoms with Crippen LogP contribution in [0.25, 0.3) is 0 Å². The van der Waals surface area contributed by atoms with Gasteiger partial charge in [0.2, 0.25) is 0 Å². The number of thioether (sulfide) groups is 1. The molecule has 2 heterocycles. The third-order valence-electron chi connectivity index (χ3n) is 3.79. The van der Waals surface area contributed by atoms with Crippen molar-refractivity contribution in [1.29, 1.82) is 0 Å². The fraction of sp³-hybridized carbons (Fsp3) is 0.667. The molecule has 3 atom stereocenters. The number of phosphoric ester groups is 1. The van der Waals surface area contributed by atoms with E-state index < -0.39 is 15.6 Å². The predicted octanol–water partition coefficient (Wildman–Crippen LogP) is 0.548. The van der Waals surface area contributed by atoms with Gasteiger partial charge < -0.3 is 30.6 Å². The van der Waals surface area contributed by atoms with Crippen LogP contribution in [0, 0.1) is 0 Å². The number of hydrogen-bond acceptors (Lipinski definition) is 9. The van der Waals surface area contributed by atoms with Crippen molar-refractivity contribution in [3.8, 4) is 0 Å². The fourth-order valence-corrected chi connectivity index (χ4v) is 5.22. The molecule has 0 aromatic carbocycles. The number of rotatable bonds is 8. The summed E-state index contributed by atoms with van der Waals surface area (Å²) in [5.41, 5.74) is 8.08. The van der Waals surface area contributed by atoms with Crippen molar-refractivity contribution in [1.82, 2.24) is 15.5 Å². The third kappa shape index (κ3) is 6.65. The van der Waals surface area contributed by atoms with Gasteiger partial charge in [-0.3, -0.25) is 9.84 Å². The first-order chi connectivity index (χ1) is 12.0. The average Bonchev–Trinajstić information content (AvgIpc) is 2.80. The van der Waals surface area contributed by atoms with Gasteiger partial charge in [-0.05, 0) is 19.4 Å². The Morgan fingerprint density at radius 3 is 2.73 bits per heavy atom. The maximum Gasteiger partial charge on any atom is 0.481 e. The van der Waals surface area contributed by atoms with Crippen LogP contribution in [0.1, 0.15) is 20.3 Å². The Kier molecular flexibility index (Phi) is 7.37. The molecule has 0 bridgehead atoms. The monoisotopic (exact) mass is 430 g/mol. The summed E-state index contributed by atoms with van der Waals surface area (Å²) in [4.78, 5) is 29.5. The highest BCUT2D eigenvalue weighted by molar-refractivity contribution is 8.03. The Balaban J connectivity index is 1.87. The van der Waals surface area contributed by atoms with Gasteiger partial charge >= 0.3 is 15.6 Å². The van der Waals surface area contributed by atoms with Gasteiger partial charge in [0.25, 0.3) is 0 Å². The first kappa shape index (κ1) is 21.9. The molecule has 0 aliphatic carbocycles. The lowest BCUT2D eigenvalue weighted by Crippen LogP contribution is -2.54.